The molecule has 1 aromatic heterocycles. The molecular formula is C22H35F3N4O10. The van der Waals surface area contributed by atoms with Crippen LogP contribution in [0.1, 0.15) is 38.8 Å². The number of carbonyl (C=O) groups is 1. The summed E-state index contributed by atoms with van der Waals surface area (Å²) in [5.41, 5.74) is 4.33. The number of unbranched alkanes of at least 4 members (excludes halogenated alkanes) is 2. The van der Waals surface area contributed by atoms with Gasteiger partial charge in [0.05, 0.1) is 12.2 Å². The van der Waals surface area contributed by atoms with E-state index in [1.165, 1.54) is 12.3 Å². The molecule has 1 aromatic rings. The second kappa shape index (κ2) is 14.8. The minimum Gasteiger partial charge on any atom is -0.475 e. The molecule has 2 saturated heterocycles. The Kier molecular flexibility index (Phi) is 12.5. The third-order valence-electron chi connectivity index (χ3n) is 6.06. The number of aliphatic carboxylic acids is 1. The number of H-pyrrole nitrogens is 1. The van der Waals surface area contributed by atoms with Gasteiger partial charge < -0.3 is 45.7 Å². The van der Waals surface area contributed by atoms with Crippen LogP contribution in [0.2, 0.25) is 0 Å². The molecule has 39 heavy (non-hydrogen) atoms. The number of rotatable bonds is 11. The number of carboxylic acids is 1. The standard InChI is InChI=1S/C20H34N4O8.C2HF3O2/c1-2-3-4-6-22-10-14(32-19-17(28)16(27)13(9-21)31-19)12-8-11(25)18(30-12)24-7-5-15(26)23-20(24)29;3-2(4,5)1(6)7/h5,7,11-14,16-19,22,25,27-28H,2-4,6,8-10,21H2,1H3,(H,23,26,29);(H,6,7)/t11-,12+,13-,14+,16-,17-,18-,19+;/m1./s1. The van der Waals surface area contributed by atoms with Gasteiger partial charge in [-0.2, -0.15) is 13.2 Å². The first-order valence-corrected chi connectivity index (χ1v) is 12.3. The highest BCUT2D eigenvalue weighted by Gasteiger charge is 2.46. The fourth-order valence-corrected chi connectivity index (χ4v) is 4.00. The van der Waals surface area contributed by atoms with Crippen LogP contribution >= 0.6 is 0 Å². The maximum atomic E-state index is 12.1. The Balaban J connectivity index is 0.000000673. The topological polar surface area (TPSA) is 219 Å². The van der Waals surface area contributed by atoms with Gasteiger partial charge in [0.1, 0.15) is 24.4 Å². The van der Waals surface area contributed by atoms with Crippen LogP contribution in [0.25, 0.3) is 0 Å². The molecule has 17 heteroatoms. The second-order valence-corrected chi connectivity index (χ2v) is 9.03. The van der Waals surface area contributed by atoms with Crippen molar-refractivity contribution in [2.75, 3.05) is 19.6 Å². The number of alkyl halides is 3. The zero-order valence-corrected chi connectivity index (χ0v) is 21.1. The number of hydrogen-bond donors (Lipinski definition) is 7. The number of nitrogens with one attached hydrogen (secondary N) is 2. The van der Waals surface area contributed by atoms with Crippen molar-refractivity contribution < 1.29 is 52.6 Å². The molecule has 3 heterocycles. The molecular weight excluding hydrogens is 537 g/mol. The molecule has 0 unspecified atom stereocenters. The lowest BCUT2D eigenvalue weighted by molar-refractivity contribution is -0.213. The lowest BCUT2D eigenvalue weighted by Gasteiger charge is -2.28. The van der Waals surface area contributed by atoms with E-state index in [1.54, 1.807) is 0 Å². The summed E-state index contributed by atoms with van der Waals surface area (Å²) in [5.74, 6) is -2.76. The van der Waals surface area contributed by atoms with E-state index in [4.69, 9.17) is 29.8 Å². The average Bonchev–Trinajstić information content (AvgIpc) is 3.37. The van der Waals surface area contributed by atoms with Gasteiger partial charge in [0.25, 0.3) is 5.56 Å². The van der Waals surface area contributed by atoms with Gasteiger partial charge >= 0.3 is 17.8 Å². The van der Waals surface area contributed by atoms with E-state index < -0.39 is 72.5 Å². The minimum absolute atomic E-state index is 0.0217. The molecule has 0 amide bonds. The molecule has 0 aromatic carbocycles. The maximum Gasteiger partial charge on any atom is 0.490 e. The molecule has 8 N–H and O–H groups in total. The summed E-state index contributed by atoms with van der Waals surface area (Å²) in [4.78, 5) is 34.5. The molecule has 0 bridgehead atoms. The Bertz CT molecular complexity index is 1020. The quantitative estimate of drug-likeness (QED) is 0.149. The average molecular weight is 573 g/mol. The number of ether oxygens (including phenoxy) is 3. The van der Waals surface area contributed by atoms with Gasteiger partial charge in [-0.05, 0) is 13.0 Å². The molecule has 0 aliphatic carbocycles. The van der Waals surface area contributed by atoms with Crippen molar-refractivity contribution in [3.8, 4) is 0 Å². The summed E-state index contributed by atoms with van der Waals surface area (Å²) in [5, 5.41) is 41.3. The SMILES string of the molecule is CCCCCNC[C@H](O[C@@H]1O[C@H](CN)[C@@H](O)[C@H]1O)[C@@H]1C[C@@H](O)[C@H](n2ccc(=O)[nH]c2=O)O1.O=C(O)C(F)(F)F. The van der Waals surface area contributed by atoms with Crippen molar-refractivity contribution in [1.29, 1.82) is 0 Å². The molecule has 0 saturated carbocycles. The summed E-state index contributed by atoms with van der Waals surface area (Å²) < 4.78 is 50.3. The molecule has 0 radical (unpaired) electrons. The molecule has 8 atom stereocenters. The molecule has 2 aliphatic rings. The third-order valence-corrected chi connectivity index (χ3v) is 6.06. The van der Waals surface area contributed by atoms with Crippen molar-refractivity contribution >= 4 is 5.97 Å². The van der Waals surface area contributed by atoms with Crippen LogP contribution in [0.5, 0.6) is 0 Å². The van der Waals surface area contributed by atoms with Crippen LogP contribution in [0, 0.1) is 0 Å². The zero-order valence-electron chi connectivity index (χ0n) is 21.1. The highest BCUT2D eigenvalue weighted by molar-refractivity contribution is 5.73. The van der Waals surface area contributed by atoms with Gasteiger partial charge in [0, 0.05) is 31.8 Å². The van der Waals surface area contributed by atoms with E-state index in [0.717, 1.165) is 30.4 Å². The number of hydrogen-bond acceptors (Lipinski definition) is 11. The van der Waals surface area contributed by atoms with E-state index in [9.17, 15) is 38.1 Å². The summed E-state index contributed by atoms with van der Waals surface area (Å²) in [6.07, 6.45) is -8.18. The predicted molar refractivity (Wildman–Crippen MR) is 127 cm³/mol. The van der Waals surface area contributed by atoms with Crippen LogP contribution in [0.3, 0.4) is 0 Å². The van der Waals surface area contributed by atoms with Crippen molar-refractivity contribution in [2.24, 2.45) is 5.73 Å². The Morgan fingerprint density at radius 3 is 2.46 bits per heavy atom. The number of nitrogens with two attached hydrogens (primary N) is 1. The first kappa shape index (κ1) is 32.8. The largest absolute Gasteiger partial charge is 0.490 e. The molecule has 3 rings (SSSR count). The van der Waals surface area contributed by atoms with E-state index in [2.05, 4.69) is 17.2 Å². The van der Waals surface area contributed by atoms with Gasteiger partial charge in [-0.3, -0.25) is 14.3 Å². The highest BCUT2D eigenvalue weighted by atomic mass is 19.4. The Morgan fingerprint density at radius 1 is 1.26 bits per heavy atom. The van der Waals surface area contributed by atoms with Gasteiger partial charge in [0.2, 0.25) is 0 Å². The number of carboxylic acid groups (broad SMARTS) is 1. The summed E-state index contributed by atoms with van der Waals surface area (Å²) in [7, 11) is 0. The zero-order chi connectivity index (χ0) is 29.3. The summed E-state index contributed by atoms with van der Waals surface area (Å²) in [6.45, 7) is 3.21. The minimum atomic E-state index is -5.08. The molecule has 14 nitrogen and oxygen atoms in total. The van der Waals surface area contributed by atoms with Crippen LogP contribution in [0.15, 0.2) is 21.9 Å². The Labute approximate surface area is 220 Å². The van der Waals surface area contributed by atoms with E-state index in [1.807, 2.05) is 0 Å². The second-order valence-electron chi connectivity index (χ2n) is 9.03. The number of aliphatic hydroxyl groups is 3. The van der Waals surface area contributed by atoms with Crippen LogP contribution in [0.4, 0.5) is 13.2 Å². The number of halogens is 3. The monoisotopic (exact) mass is 572 g/mol. The molecule has 2 aliphatic heterocycles. The first-order valence-electron chi connectivity index (χ1n) is 12.3. The smallest absolute Gasteiger partial charge is 0.475 e. The number of aromatic nitrogens is 2. The number of aliphatic hydroxyl groups excluding tert-OH is 3. The van der Waals surface area contributed by atoms with Crippen LogP contribution < -0.4 is 22.3 Å². The van der Waals surface area contributed by atoms with E-state index in [-0.39, 0.29) is 13.0 Å². The molecule has 2 fully saturated rings. The third kappa shape index (κ3) is 9.35. The van der Waals surface area contributed by atoms with Crippen molar-refractivity contribution in [3.05, 3.63) is 33.1 Å². The van der Waals surface area contributed by atoms with Gasteiger partial charge in [-0.15, -0.1) is 0 Å². The first-order chi connectivity index (χ1) is 18.3. The van der Waals surface area contributed by atoms with Crippen molar-refractivity contribution in [1.82, 2.24) is 14.9 Å². The van der Waals surface area contributed by atoms with E-state index >= 15 is 0 Å². The lowest BCUT2D eigenvalue weighted by atomic mass is 10.1. The van der Waals surface area contributed by atoms with Crippen molar-refractivity contribution in [2.45, 2.75) is 87.9 Å². The van der Waals surface area contributed by atoms with Gasteiger partial charge in [-0.1, -0.05) is 19.8 Å². The van der Waals surface area contributed by atoms with Crippen LogP contribution in [-0.4, -0.2) is 105 Å². The highest BCUT2D eigenvalue weighted by Crippen LogP contribution is 2.32. The summed E-state index contributed by atoms with van der Waals surface area (Å²) in [6, 6.07) is 1.17. The molecule has 0 spiro atoms. The maximum absolute atomic E-state index is 12.1. The summed E-state index contributed by atoms with van der Waals surface area (Å²) >= 11 is 0. The Morgan fingerprint density at radius 2 is 1.92 bits per heavy atom. The molecule has 224 valence electrons. The van der Waals surface area contributed by atoms with Crippen molar-refractivity contribution in [3.63, 3.8) is 0 Å². The van der Waals surface area contributed by atoms with Crippen LogP contribution in [-0.2, 0) is 19.0 Å². The normalized spacial score (nSPS) is 29.6. The van der Waals surface area contributed by atoms with Gasteiger partial charge in [0.15, 0.2) is 12.5 Å². The number of aromatic amines is 1. The van der Waals surface area contributed by atoms with Gasteiger partial charge in [-0.25, -0.2) is 9.59 Å². The Hall–Kier alpha value is -2.38. The van der Waals surface area contributed by atoms with E-state index in [0.29, 0.717) is 6.54 Å². The fraction of sp³-hybridized carbons (Fsp3) is 0.773. The number of nitrogens with zero attached hydrogens (tertiary/aromatic N) is 1. The predicted octanol–water partition coefficient (Wildman–Crippen LogP) is -1.61. The fourth-order valence-electron chi connectivity index (χ4n) is 4.00. The lowest BCUT2D eigenvalue weighted by Crippen LogP contribution is -2.44.